The Bertz CT molecular complexity index is 1430. The maximum atomic E-state index is 13.6. The van der Waals surface area contributed by atoms with E-state index in [2.05, 4.69) is 16.0 Å². The molecule has 3 aliphatic rings. The van der Waals surface area contributed by atoms with Gasteiger partial charge in [-0.15, -0.1) is 0 Å². The number of fused-ring (bicyclic) bond motifs is 3. The van der Waals surface area contributed by atoms with Gasteiger partial charge in [0.05, 0.1) is 12.7 Å². The van der Waals surface area contributed by atoms with Crippen LogP contribution in [0.4, 0.5) is 9.18 Å². The minimum absolute atomic E-state index is 0.112. The first kappa shape index (κ1) is 23.3. The zero-order valence-corrected chi connectivity index (χ0v) is 19.6. The molecule has 2 aromatic carbocycles. The molecule has 1 atom stereocenters. The maximum Gasteiger partial charge on any atom is 0.322 e. The third-order valence-corrected chi connectivity index (χ3v) is 6.35. The molecule has 11 heteroatoms. The molecule has 10 nitrogen and oxygen atoms in total. The van der Waals surface area contributed by atoms with Crippen molar-refractivity contribution in [3.8, 4) is 5.75 Å². The van der Waals surface area contributed by atoms with Gasteiger partial charge in [-0.3, -0.25) is 19.7 Å². The largest absolute Gasteiger partial charge is 0.494 e. The second-order valence-corrected chi connectivity index (χ2v) is 8.73. The number of benzene rings is 2. The van der Waals surface area contributed by atoms with Crippen LogP contribution in [0.3, 0.4) is 0 Å². The van der Waals surface area contributed by atoms with E-state index in [-0.39, 0.29) is 23.1 Å². The number of imide groups is 1. The van der Waals surface area contributed by atoms with Gasteiger partial charge >= 0.3 is 6.03 Å². The molecule has 0 bridgehead atoms. The number of furan rings is 1. The highest BCUT2D eigenvalue weighted by Gasteiger charge is 2.34. The summed E-state index contributed by atoms with van der Waals surface area (Å²) in [5.74, 6) is -0.912. The van der Waals surface area contributed by atoms with Crippen LogP contribution in [0.2, 0.25) is 0 Å². The number of hydrogen-bond donors (Lipinski definition) is 3. The monoisotopic (exact) mass is 494 g/mol. The van der Waals surface area contributed by atoms with Crippen molar-refractivity contribution in [2.75, 3.05) is 20.7 Å². The van der Waals surface area contributed by atoms with Crippen LogP contribution < -0.4 is 20.7 Å². The van der Waals surface area contributed by atoms with E-state index in [0.29, 0.717) is 30.0 Å². The highest BCUT2D eigenvalue weighted by molar-refractivity contribution is 6.05. The van der Waals surface area contributed by atoms with E-state index in [4.69, 9.17) is 9.15 Å². The molecule has 0 saturated carbocycles. The molecule has 5 amide bonds. The van der Waals surface area contributed by atoms with Crippen LogP contribution in [-0.4, -0.2) is 49.4 Å². The first-order valence-corrected chi connectivity index (χ1v) is 11.3. The van der Waals surface area contributed by atoms with Crippen LogP contribution in [0.1, 0.15) is 50.1 Å². The van der Waals surface area contributed by atoms with Gasteiger partial charge in [0.25, 0.3) is 17.7 Å². The van der Waals surface area contributed by atoms with E-state index in [1.165, 1.54) is 12.0 Å². The molecule has 36 heavy (non-hydrogen) atoms. The van der Waals surface area contributed by atoms with Gasteiger partial charge < -0.3 is 24.7 Å². The molecule has 186 valence electrons. The Hall–Kier alpha value is -4.41. The third kappa shape index (κ3) is 4.02. The molecular formula is C25H23FN4O6. The van der Waals surface area contributed by atoms with Crippen LogP contribution in [0.25, 0.3) is 11.0 Å². The number of carbonyl (C=O) groups excluding carboxylic acids is 4. The topological polar surface area (TPSA) is 130 Å². The normalized spacial score (nSPS) is 18.5. The highest BCUT2D eigenvalue weighted by Crippen LogP contribution is 2.30. The lowest BCUT2D eigenvalue weighted by atomic mass is 10.0. The summed E-state index contributed by atoms with van der Waals surface area (Å²) >= 11 is 0. The smallest absolute Gasteiger partial charge is 0.322 e. The number of halogens is 1. The van der Waals surface area contributed by atoms with Gasteiger partial charge in [-0.2, -0.15) is 0 Å². The van der Waals surface area contributed by atoms with Gasteiger partial charge in [-0.05, 0) is 48.2 Å². The van der Waals surface area contributed by atoms with Crippen molar-refractivity contribution in [2.24, 2.45) is 0 Å². The Morgan fingerprint density at radius 1 is 1.11 bits per heavy atom. The number of methoxy groups -OCH3 is 1. The number of urea groups is 1. The number of hydrogen-bond acceptors (Lipinski definition) is 6. The fraction of sp³-hybridized carbons (Fsp3) is 0.280. The van der Waals surface area contributed by atoms with Crippen LogP contribution in [0, 0.1) is 5.82 Å². The summed E-state index contributed by atoms with van der Waals surface area (Å²) in [6, 6.07) is 7.24. The molecule has 0 aliphatic carbocycles. The number of ether oxygens (including phenoxy) is 1. The van der Waals surface area contributed by atoms with Crippen LogP contribution >= 0.6 is 0 Å². The Balaban J connectivity index is 0.000000165. The van der Waals surface area contributed by atoms with E-state index >= 15 is 0 Å². The van der Waals surface area contributed by atoms with Crippen LogP contribution in [0.15, 0.2) is 34.7 Å². The average Bonchev–Trinajstić information content (AvgIpc) is 3.46. The maximum absolute atomic E-state index is 13.6. The van der Waals surface area contributed by atoms with Crippen molar-refractivity contribution in [3.05, 3.63) is 64.2 Å². The number of nitrogens with zero attached hydrogens (tertiary/aromatic N) is 1. The van der Waals surface area contributed by atoms with Gasteiger partial charge in [-0.1, -0.05) is 6.07 Å². The van der Waals surface area contributed by atoms with Crippen molar-refractivity contribution < 1.29 is 32.7 Å². The van der Waals surface area contributed by atoms with Crippen molar-refractivity contribution in [1.29, 1.82) is 0 Å². The Labute approximate surface area is 204 Å². The van der Waals surface area contributed by atoms with E-state index in [1.807, 2.05) is 6.07 Å². The predicted octanol–water partition coefficient (Wildman–Crippen LogP) is 2.41. The van der Waals surface area contributed by atoms with Crippen molar-refractivity contribution in [1.82, 2.24) is 20.9 Å². The molecular weight excluding hydrogens is 471 g/mol. The molecule has 1 unspecified atom stereocenters. The molecule has 3 aliphatic heterocycles. The molecule has 3 N–H and O–H groups in total. The molecule has 1 fully saturated rings. The first-order valence-electron chi connectivity index (χ1n) is 11.3. The summed E-state index contributed by atoms with van der Waals surface area (Å²) in [6.07, 6.45) is 1.70. The quantitative estimate of drug-likeness (QED) is 0.469. The fourth-order valence-electron chi connectivity index (χ4n) is 4.54. The summed E-state index contributed by atoms with van der Waals surface area (Å²) in [6.45, 7) is 1.13. The minimum Gasteiger partial charge on any atom is -0.494 e. The molecule has 1 saturated heterocycles. The molecule has 1 aromatic heterocycles. The molecule has 4 heterocycles. The van der Waals surface area contributed by atoms with E-state index < -0.39 is 23.8 Å². The summed E-state index contributed by atoms with van der Waals surface area (Å²) < 4.78 is 24.1. The first-order chi connectivity index (χ1) is 17.3. The zero-order valence-electron chi connectivity index (χ0n) is 19.6. The second kappa shape index (κ2) is 8.99. The molecule has 0 radical (unpaired) electrons. The summed E-state index contributed by atoms with van der Waals surface area (Å²) in [5.41, 5.74) is 2.96. The van der Waals surface area contributed by atoms with E-state index in [0.717, 1.165) is 29.4 Å². The Kier molecular flexibility index (Phi) is 5.83. The standard InChI is InChI=1S/C15H13N3O4.C10H10FNO2/c19-13-9-6-10-8(4-7(9)2-1-3-16-13)5-11(22-10)12-14(20)18-15(21)17-12;1-12-5-6-3-4-7(14-2)9(11)8(6)10(12)13/h4-6,12H,1-3H2,(H,16,19)(H2,17,18,20,21);3-4H,5H2,1-2H3. The number of carbonyl (C=O) groups is 4. The Morgan fingerprint density at radius 3 is 2.64 bits per heavy atom. The lowest BCUT2D eigenvalue weighted by molar-refractivity contribution is -0.120. The number of aryl methyl sites for hydroxylation is 1. The van der Waals surface area contributed by atoms with Crippen molar-refractivity contribution in [2.45, 2.75) is 25.4 Å². The van der Waals surface area contributed by atoms with Crippen molar-refractivity contribution in [3.63, 3.8) is 0 Å². The lowest BCUT2D eigenvalue weighted by Gasteiger charge is -2.05. The lowest BCUT2D eigenvalue weighted by Crippen LogP contribution is -2.22. The molecule has 6 rings (SSSR count). The highest BCUT2D eigenvalue weighted by atomic mass is 19.1. The number of nitrogens with one attached hydrogen (secondary N) is 3. The Morgan fingerprint density at radius 2 is 1.92 bits per heavy atom. The summed E-state index contributed by atoms with van der Waals surface area (Å²) in [5, 5.41) is 8.32. The summed E-state index contributed by atoms with van der Waals surface area (Å²) in [7, 11) is 3.03. The number of amides is 5. The fourth-order valence-corrected chi connectivity index (χ4v) is 4.54. The number of rotatable bonds is 2. The van der Waals surface area contributed by atoms with Gasteiger partial charge in [0.15, 0.2) is 17.6 Å². The van der Waals surface area contributed by atoms with E-state index in [1.54, 1.807) is 31.3 Å². The molecule has 0 spiro atoms. The summed E-state index contributed by atoms with van der Waals surface area (Å²) in [4.78, 5) is 47.9. The average molecular weight is 494 g/mol. The van der Waals surface area contributed by atoms with Crippen LogP contribution in [-0.2, 0) is 17.8 Å². The SMILES string of the molecule is COc1ccc2c(c1F)C(=O)N(C)C2.O=C1NC(=O)C(c2cc3cc4c(cc3o2)C(=O)NCCC4)N1. The molecule has 3 aromatic rings. The van der Waals surface area contributed by atoms with Gasteiger partial charge in [0.1, 0.15) is 11.3 Å². The zero-order chi connectivity index (χ0) is 25.6. The van der Waals surface area contributed by atoms with E-state index in [9.17, 15) is 23.6 Å². The van der Waals surface area contributed by atoms with Gasteiger partial charge in [0, 0.05) is 31.1 Å². The second-order valence-electron chi connectivity index (χ2n) is 8.73. The predicted molar refractivity (Wildman–Crippen MR) is 125 cm³/mol. The van der Waals surface area contributed by atoms with Crippen molar-refractivity contribution >= 4 is 34.7 Å². The van der Waals surface area contributed by atoms with Gasteiger partial charge in [0.2, 0.25) is 0 Å². The third-order valence-electron chi connectivity index (χ3n) is 6.35. The van der Waals surface area contributed by atoms with Crippen LogP contribution in [0.5, 0.6) is 5.75 Å². The van der Waals surface area contributed by atoms with Gasteiger partial charge in [-0.25, -0.2) is 9.18 Å². The minimum atomic E-state index is -0.825.